The van der Waals surface area contributed by atoms with E-state index in [1.54, 1.807) is 0 Å². The van der Waals surface area contributed by atoms with Gasteiger partial charge in [-0.25, -0.2) is 0 Å². The van der Waals surface area contributed by atoms with Gasteiger partial charge in [-0.1, -0.05) is 0 Å². The summed E-state index contributed by atoms with van der Waals surface area (Å²) in [4.78, 5) is 7.72. The van der Waals surface area contributed by atoms with Gasteiger partial charge in [0, 0.05) is 0 Å². The monoisotopic (exact) mass is 456 g/mol. The second kappa shape index (κ2) is 3.14. The predicted molar refractivity (Wildman–Crippen MR) is 63.2 cm³/mol. The molecule has 11 heavy (non-hydrogen) atoms. The number of hydrogen-bond donors (Lipinski definition) is 0. The Morgan fingerprint density at radius 2 is 0.909 bits per heavy atom. The molecule has 0 atom stereocenters. The second-order valence-corrected chi connectivity index (χ2v) is 65.4. The van der Waals surface area contributed by atoms with E-state index < -0.39 is 30.2 Å². The SMILES string of the molecule is [CH3][Sb]([CH3])([Cl])([Cl])[CH2][Sb]([CH3])([CH3])([Cl])[Cl]. The van der Waals surface area contributed by atoms with Gasteiger partial charge in [-0.15, -0.1) is 0 Å². The first-order chi connectivity index (χ1) is 4.21. The van der Waals surface area contributed by atoms with Crippen LogP contribution in [0.15, 0.2) is 0 Å². The first-order valence-electron chi connectivity index (χ1n) is 3.10. The van der Waals surface area contributed by atoms with Crippen molar-refractivity contribution in [1.29, 1.82) is 0 Å². The topological polar surface area (TPSA) is 0 Å². The van der Waals surface area contributed by atoms with Gasteiger partial charge in [0.2, 0.25) is 0 Å². The Balaban J connectivity index is 4.55. The zero-order valence-electron chi connectivity index (χ0n) is 7.11. The molecular weight excluding hydrogens is 445 g/mol. The Kier molecular flexibility index (Phi) is 3.94. The second-order valence-electron chi connectivity index (χ2n) is 4.26. The molecule has 0 unspecified atom stereocenters. The summed E-state index contributed by atoms with van der Waals surface area (Å²) in [6, 6.07) is 0. The molecule has 0 nitrogen and oxygen atoms in total. The van der Waals surface area contributed by atoms with Crippen LogP contribution in [0.1, 0.15) is 0 Å². The molecule has 0 rings (SSSR count). The fraction of sp³-hybridized carbons (Fsp3) is 1.00. The molecule has 0 spiro atoms. The van der Waals surface area contributed by atoms with Gasteiger partial charge in [-0.05, 0) is 0 Å². The van der Waals surface area contributed by atoms with Gasteiger partial charge >= 0.3 is 87.3 Å². The molecule has 0 heterocycles. The molecule has 6 heteroatoms. The van der Waals surface area contributed by atoms with Gasteiger partial charge < -0.3 is 0 Å². The van der Waals surface area contributed by atoms with Crippen LogP contribution in [0.4, 0.5) is 0 Å². The number of hydrogen-bond acceptors (Lipinski definition) is 0. The molecule has 0 aliphatic rings. The quantitative estimate of drug-likeness (QED) is 0.521. The van der Waals surface area contributed by atoms with Gasteiger partial charge in [-0.2, -0.15) is 0 Å². The molecule has 0 N–H and O–H groups in total. The molecule has 0 bridgehead atoms. The summed E-state index contributed by atoms with van der Waals surface area (Å²) in [7, 11) is 24.8. The van der Waals surface area contributed by atoms with E-state index in [4.69, 9.17) is 35.3 Å². The molecular formula is C5H14Cl4Sb2. The van der Waals surface area contributed by atoms with Crippen molar-refractivity contribution >= 4 is 65.5 Å². The Morgan fingerprint density at radius 1 is 0.727 bits per heavy atom. The Labute approximate surface area is 85.7 Å². The molecule has 0 saturated carbocycles. The minimum absolute atomic E-state index is 0.687. The molecule has 0 aliphatic heterocycles. The van der Waals surface area contributed by atoms with E-state index in [1.165, 1.54) is 0 Å². The van der Waals surface area contributed by atoms with E-state index in [-0.39, 0.29) is 0 Å². The third kappa shape index (κ3) is 12.8. The van der Waals surface area contributed by atoms with Crippen molar-refractivity contribution in [3.63, 3.8) is 0 Å². The minimum atomic E-state index is -3.29. The molecule has 0 fully saturated rings. The van der Waals surface area contributed by atoms with Gasteiger partial charge in [0.15, 0.2) is 0 Å². The summed E-state index contributed by atoms with van der Waals surface area (Å²) < 4.78 is 0.687. The Morgan fingerprint density at radius 3 is 0.909 bits per heavy atom. The third-order valence-corrected chi connectivity index (χ3v) is 54.3. The average Bonchev–Trinajstić information content (AvgIpc) is 1.04. The van der Waals surface area contributed by atoms with Crippen molar-refractivity contribution in [2.24, 2.45) is 0 Å². The average molecular weight is 459 g/mol. The van der Waals surface area contributed by atoms with E-state index in [0.29, 0.717) is 2.31 Å². The molecule has 0 aromatic carbocycles. The molecule has 0 saturated heterocycles. The summed E-state index contributed by atoms with van der Waals surface area (Å²) in [6.07, 6.45) is 0. The summed E-state index contributed by atoms with van der Waals surface area (Å²) in [5.41, 5.74) is 0. The summed E-state index contributed by atoms with van der Waals surface area (Å²) >= 11 is -6.59. The van der Waals surface area contributed by atoms with Crippen LogP contribution in [0.5, 0.6) is 0 Å². The molecule has 0 aromatic heterocycles. The van der Waals surface area contributed by atoms with Crippen LogP contribution >= 0.6 is 35.3 Å². The van der Waals surface area contributed by atoms with E-state index >= 15 is 0 Å². The zero-order chi connectivity index (χ0) is 9.60. The normalized spacial score (nSPS) is 21.5. The first-order valence-corrected chi connectivity index (χ1v) is 29.8. The van der Waals surface area contributed by atoms with Gasteiger partial charge in [-0.3, -0.25) is 0 Å². The van der Waals surface area contributed by atoms with Crippen LogP contribution in [0, 0.1) is 0 Å². The Bertz CT molecular complexity index is 134. The first kappa shape index (κ1) is 13.8. The fourth-order valence-electron chi connectivity index (χ4n) is 1.07. The molecule has 0 radical (unpaired) electrons. The van der Waals surface area contributed by atoms with E-state index in [2.05, 4.69) is 0 Å². The molecule has 0 amide bonds. The van der Waals surface area contributed by atoms with Crippen LogP contribution in [-0.2, 0) is 0 Å². The molecule has 72 valence electrons. The third-order valence-electron chi connectivity index (χ3n) is 0.779. The molecule has 0 aromatic rings. The van der Waals surface area contributed by atoms with Gasteiger partial charge in [0.05, 0.1) is 0 Å². The fourth-order valence-corrected chi connectivity index (χ4v) is 116. The van der Waals surface area contributed by atoms with Crippen molar-refractivity contribution < 1.29 is 0 Å². The van der Waals surface area contributed by atoms with Crippen LogP contribution in [0.2, 0.25) is 21.8 Å². The van der Waals surface area contributed by atoms with Crippen molar-refractivity contribution in [2.75, 3.05) is 0 Å². The maximum atomic E-state index is 6.21. The Hall–Kier alpha value is 2.80. The van der Waals surface area contributed by atoms with E-state index in [9.17, 15) is 0 Å². The standard InChI is InChI=1S/4CH3.CH2.4ClH.2Sb/h4*1H3;1H2;4*1H;;/q;;;;;;;;;2*+2/p-4. The summed E-state index contributed by atoms with van der Waals surface area (Å²) in [6.45, 7) is 0. The van der Waals surface area contributed by atoms with Crippen molar-refractivity contribution in [1.82, 2.24) is 0 Å². The zero-order valence-corrected chi connectivity index (χ0v) is 15.2. The predicted octanol–water partition coefficient (Wildman–Crippen LogP) is 4.79. The molecule has 0 aliphatic carbocycles. The van der Waals surface area contributed by atoms with Crippen molar-refractivity contribution in [2.45, 2.75) is 21.8 Å². The van der Waals surface area contributed by atoms with Gasteiger partial charge in [0.1, 0.15) is 0 Å². The summed E-state index contributed by atoms with van der Waals surface area (Å²) in [5.74, 6) is 0. The van der Waals surface area contributed by atoms with Crippen LogP contribution in [-0.4, -0.2) is 30.2 Å². The van der Waals surface area contributed by atoms with E-state index in [0.717, 1.165) is 0 Å². The van der Waals surface area contributed by atoms with Crippen LogP contribution in [0.3, 0.4) is 0 Å². The maximum absolute atomic E-state index is 6.21. The summed E-state index contributed by atoms with van der Waals surface area (Å²) in [5, 5.41) is 0. The number of halogens is 4. The number of rotatable bonds is 2. The van der Waals surface area contributed by atoms with Crippen LogP contribution in [0.25, 0.3) is 0 Å². The van der Waals surface area contributed by atoms with E-state index in [1.807, 2.05) is 19.5 Å². The van der Waals surface area contributed by atoms with Crippen molar-refractivity contribution in [3.05, 3.63) is 0 Å². The van der Waals surface area contributed by atoms with Crippen LogP contribution < -0.4 is 0 Å². The van der Waals surface area contributed by atoms with Gasteiger partial charge in [0.25, 0.3) is 0 Å². The van der Waals surface area contributed by atoms with Crippen molar-refractivity contribution in [3.8, 4) is 0 Å².